The van der Waals surface area contributed by atoms with Crippen molar-refractivity contribution >= 4 is 5.91 Å². The highest BCUT2D eigenvalue weighted by molar-refractivity contribution is 5.94. The number of hydrogen-bond acceptors (Lipinski definition) is 5. The van der Waals surface area contributed by atoms with E-state index in [1.165, 1.54) is 0 Å². The number of phenolic OH excluding ortho intramolecular Hbond substituents is 1. The summed E-state index contributed by atoms with van der Waals surface area (Å²) >= 11 is 0. The second-order valence-electron chi connectivity index (χ2n) is 6.52. The van der Waals surface area contributed by atoms with Crippen LogP contribution in [0.4, 0.5) is 0 Å². The van der Waals surface area contributed by atoms with Gasteiger partial charge in [0.2, 0.25) is 0 Å². The van der Waals surface area contributed by atoms with Gasteiger partial charge < -0.3 is 19.9 Å². The summed E-state index contributed by atoms with van der Waals surface area (Å²) in [6.45, 7) is 0.949. The fraction of sp³-hybridized carbons (Fsp3) is 0.182. The average molecular weight is 376 g/mol. The monoisotopic (exact) mass is 376 g/mol. The number of nitrogens with zero attached hydrogens (tertiary/aromatic N) is 1. The van der Waals surface area contributed by atoms with E-state index in [1.54, 1.807) is 42.6 Å². The molecule has 4 rings (SSSR count). The van der Waals surface area contributed by atoms with Crippen LogP contribution in [0.3, 0.4) is 0 Å². The van der Waals surface area contributed by atoms with Crippen molar-refractivity contribution in [1.29, 1.82) is 0 Å². The molecule has 2 aromatic carbocycles. The molecule has 0 saturated heterocycles. The predicted molar refractivity (Wildman–Crippen MR) is 105 cm³/mol. The smallest absolute Gasteiger partial charge is 0.252 e. The van der Waals surface area contributed by atoms with Crippen molar-refractivity contribution in [3.8, 4) is 28.5 Å². The maximum absolute atomic E-state index is 12.3. The molecule has 142 valence electrons. The zero-order chi connectivity index (χ0) is 19.3. The molecule has 6 nitrogen and oxygen atoms in total. The Morgan fingerprint density at radius 1 is 1.07 bits per heavy atom. The Morgan fingerprint density at radius 2 is 1.86 bits per heavy atom. The van der Waals surface area contributed by atoms with Gasteiger partial charge in [-0.2, -0.15) is 0 Å². The average Bonchev–Trinajstić information content (AvgIpc) is 2.74. The van der Waals surface area contributed by atoms with Gasteiger partial charge in [0.25, 0.3) is 5.91 Å². The number of ether oxygens (including phenoxy) is 2. The van der Waals surface area contributed by atoms with Gasteiger partial charge in [0.1, 0.15) is 18.5 Å². The first-order valence-corrected chi connectivity index (χ1v) is 9.11. The topological polar surface area (TPSA) is 80.7 Å². The highest BCUT2D eigenvalue weighted by Crippen LogP contribution is 2.31. The van der Waals surface area contributed by atoms with Gasteiger partial charge in [-0.25, -0.2) is 0 Å². The summed E-state index contributed by atoms with van der Waals surface area (Å²) in [5, 5.41) is 12.2. The first kappa shape index (κ1) is 17.9. The summed E-state index contributed by atoms with van der Waals surface area (Å²) in [7, 11) is 0. The highest BCUT2D eigenvalue weighted by atomic mass is 16.6. The number of phenols is 1. The number of rotatable bonds is 5. The van der Waals surface area contributed by atoms with Crippen LogP contribution < -0.4 is 14.8 Å². The quantitative estimate of drug-likeness (QED) is 0.713. The van der Waals surface area contributed by atoms with Crippen molar-refractivity contribution in [2.45, 2.75) is 12.5 Å². The lowest BCUT2D eigenvalue weighted by molar-refractivity contribution is 0.0812. The molecule has 0 spiro atoms. The lowest BCUT2D eigenvalue weighted by atomic mass is 10.1. The van der Waals surface area contributed by atoms with Crippen molar-refractivity contribution in [3.05, 3.63) is 72.4 Å². The van der Waals surface area contributed by atoms with Gasteiger partial charge in [0, 0.05) is 24.7 Å². The lowest BCUT2D eigenvalue weighted by Crippen LogP contribution is -2.34. The summed E-state index contributed by atoms with van der Waals surface area (Å²) in [5.74, 6) is 1.51. The van der Waals surface area contributed by atoms with Gasteiger partial charge in [0.15, 0.2) is 11.5 Å². The van der Waals surface area contributed by atoms with Crippen LogP contribution in [0.5, 0.6) is 17.2 Å². The number of nitrogens with one attached hydrogen (secondary N) is 1. The molecular formula is C22H20N2O4. The van der Waals surface area contributed by atoms with Crippen molar-refractivity contribution < 1.29 is 19.4 Å². The van der Waals surface area contributed by atoms with Crippen molar-refractivity contribution in [2.24, 2.45) is 0 Å². The number of amides is 1. The number of carbonyl (C=O) groups is 1. The highest BCUT2D eigenvalue weighted by Gasteiger charge is 2.20. The van der Waals surface area contributed by atoms with Crippen LogP contribution in [0.1, 0.15) is 16.8 Å². The molecule has 0 bridgehead atoms. The molecule has 1 atom stereocenters. The van der Waals surface area contributed by atoms with Gasteiger partial charge in [-0.3, -0.25) is 9.78 Å². The molecule has 0 radical (unpaired) electrons. The second kappa shape index (κ2) is 8.00. The van der Waals surface area contributed by atoms with Crippen LogP contribution in [0.2, 0.25) is 0 Å². The first-order chi connectivity index (χ1) is 13.7. The van der Waals surface area contributed by atoms with Gasteiger partial charge >= 0.3 is 0 Å². The van der Waals surface area contributed by atoms with Crippen LogP contribution in [-0.4, -0.2) is 35.3 Å². The molecule has 1 amide bonds. The van der Waals surface area contributed by atoms with E-state index in [2.05, 4.69) is 10.3 Å². The van der Waals surface area contributed by atoms with Gasteiger partial charge in [-0.05, 0) is 48.5 Å². The number of para-hydroxylation sites is 2. The Kier molecular flexibility index (Phi) is 5.10. The third-order valence-electron chi connectivity index (χ3n) is 4.51. The molecule has 2 heterocycles. The summed E-state index contributed by atoms with van der Waals surface area (Å²) in [6.07, 6.45) is 2.11. The Hall–Kier alpha value is -3.54. The molecule has 0 saturated carbocycles. The molecule has 6 heteroatoms. The molecule has 2 N–H and O–H groups in total. The van der Waals surface area contributed by atoms with E-state index in [1.807, 2.05) is 24.3 Å². The normalized spacial score (nSPS) is 15.1. The number of aromatic nitrogens is 1. The predicted octanol–water partition coefficient (Wildman–Crippen LogP) is 3.41. The minimum absolute atomic E-state index is 0.0924. The Morgan fingerprint density at radius 3 is 2.61 bits per heavy atom. The minimum Gasteiger partial charge on any atom is -0.508 e. The Bertz CT molecular complexity index is 955. The van der Waals surface area contributed by atoms with Crippen molar-refractivity contribution in [2.75, 3.05) is 13.2 Å². The van der Waals surface area contributed by atoms with Crippen molar-refractivity contribution in [1.82, 2.24) is 10.3 Å². The summed E-state index contributed by atoms with van der Waals surface area (Å²) < 4.78 is 11.6. The Labute approximate surface area is 162 Å². The molecule has 0 aliphatic carbocycles. The van der Waals surface area contributed by atoms with E-state index in [-0.39, 0.29) is 17.8 Å². The molecule has 0 fully saturated rings. The number of benzene rings is 2. The number of carbonyl (C=O) groups excluding carboxylic acids is 1. The van der Waals surface area contributed by atoms with E-state index in [9.17, 15) is 9.90 Å². The standard InChI is InChI=1S/C22H20N2O4/c25-17-8-5-15(6-9-17)19-10-7-16(13-24-19)22(26)23-12-11-18-14-27-20-3-1-2-4-21(20)28-18/h1-10,13,18,25H,11-12,14H2,(H,23,26)/t18-/m0/s1. The molecule has 1 aliphatic heterocycles. The van der Waals surface area contributed by atoms with Gasteiger partial charge in [-0.15, -0.1) is 0 Å². The number of fused-ring (bicyclic) bond motifs is 1. The molecule has 28 heavy (non-hydrogen) atoms. The SMILES string of the molecule is O=C(NCC[C@H]1COc2ccccc2O1)c1ccc(-c2ccc(O)cc2)nc1. The molecular weight excluding hydrogens is 356 g/mol. The van der Waals surface area contributed by atoms with E-state index in [0.717, 1.165) is 22.8 Å². The maximum atomic E-state index is 12.3. The Balaban J connectivity index is 1.29. The molecule has 1 aliphatic rings. The summed E-state index contributed by atoms with van der Waals surface area (Å²) in [4.78, 5) is 16.7. The zero-order valence-electron chi connectivity index (χ0n) is 15.2. The third-order valence-corrected chi connectivity index (χ3v) is 4.51. The number of pyridine rings is 1. The van der Waals surface area contributed by atoms with E-state index in [0.29, 0.717) is 25.1 Å². The van der Waals surface area contributed by atoms with Crippen LogP contribution >= 0.6 is 0 Å². The van der Waals surface area contributed by atoms with E-state index >= 15 is 0 Å². The first-order valence-electron chi connectivity index (χ1n) is 9.11. The molecule has 0 unspecified atom stereocenters. The van der Waals surface area contributed by atoms with E-state index < -0.39 is 0 Å². The van der Waals surface area contributed by atoms with Gasteiger partial charge in [0.05, 0.1) is 11.3 Å². The second-order valence-corrected chi connectivity index (χ2v) is 6.52. The van der Waals surface area contributed by atoms with Gasteiger partial charge in [-0.1, -0.05) is 12.1 Å². The fourth-order valence-corrected chi connectivity index (χ4v) is 2.99. The summed E-state index contributed by atoms with van der Waals surface area (Å²) in [5.41, 5.74) is 2.11. The largest absolute Gasteiger partial charge is 0.508 e. The van der Waals surface area contributed by atoms with E-state index in [4.69, 9.17) is 9.47 Å². The number of hydrogen-bond donors (Lipinski definition) is 2. The molecule has 3 aromatic rings. The van der Waals surface area contributed by atoms with Crippen LogP contribution in [0.25, 0.3) is 11.3 Å². The summed E-state index contributed by atoms with van der Waals surface area (Å²) in [6, 6.07) is 17.9. The van der Waals surface area contributed by atoms with Crippen LogP contribution in [0, 0.1) is 0 Å². The zero-order valence-corrected chi connectivity index (χ0v) is 15.2. The molecule has 1 aromatic heterocycles. The lowest BCUT2D eigenvalue weighted by Gasteiger charge is -2.26. The van der Waals surface area contributed by atoms with Crippen LogP contribution in [0.15, 0.2) is 66.9 Å². The van der Waals surface area contributed by atoms with Crippen LogP contribution in [-0.2, 0) is 0 Å². The third kappa shape index (κ3) is 4.06. The minimum atomic E-state index is -0.179. The maximum Gasteiger partial charge on any atom is 0.252 e. The number of aromatic hydroxyl groups is 1. The van der Waals surface area contributed by atoms with Crippen molar-refractivity contribution in [3.63, 3.8) is 0 Å². The fourth-order valence-electron chi connectivity index (χ4n) is 2.99.